The maximum atomic E-state index is 11.0. The molecule has 0 fully saturated rings. The maximum Gasteiger partial charge on any atom is 0.339 e. The Bertz CT molecular complexity index is 585. The van der Waals surface area contributed by atoms with E-state index in [1.807, 2.05) is 12.1 Å². The van der Waals surface area contributed by atoms with Crippen molar-refractivity contribution in [1.29, 1.82) is 0 Å². The van der Waals surface area contributed by atoms with Crippen molar-refractivity contribution in [3.8, 4) is 5.75 Å². The van der Waals surface area contributed by atoms with E-state index in [0.717, 1.165) is 15.8 Å². The summed E-state index contributed by atoms with van der Waals surface area (Å²) in [5.41, 5.74) is 0.178. The van der Waals surface area contributed by atoms with Crippen LogP contribution in [0.1, 0.15) is 15.2 Å². The standard InChI is InChI=1S/C14H14ClNO3S/c15-13-6-5-10(20-13)9-16-7-8-19-12-4-2-1-3-11(12)14(17)18/h1-6,16H,7-9H2,(H,17,18). The molecular formula is C14H14ClNO3S. The molecule has 0 atom stereocenters. The molecule has 0 bridgehead atoms. The summed E-state index contributed by atoms with van der Waals surface area (Å²) in [4.78, 5) is 12.1. The van der Waals surface area contributed by atoms with Crippen molar-refractivity contribution in [2.45, 2.75) is 6.54 Å². The van der Waals surface area contributed by atoms with Crippen LogP contribution in [0.3, 0.4) is 0 Å². The number of hydrogen-bond acceptors (Lipinski definition) is 4. The third-order valence-electron chi connectivity index (χ3n) is 2.58. The fourth-order valence-corrected chi connectivity index (χ4v) is 2.72. The summed E-state index contributed by atoms with van der Waals surface area (Å²) in [6, 6.07) is 10.4. The zero-order valence-corrected chi connectivity index (χ0v) is 12.2. The summed E-state index contributed by atoms with van der Waals surface area (Å²) < 4.78 is 6.25. The number of rotatable bonds is 7. The summed E-state index contributed by atoms with van der Waals surface area (Å²) in [5.74, 6) is -0.595. The molecule has 0 aliphatic heterocycles. The van der Waals surface area contributed by atoms with E-state index in [1.54, 1.807) is 18.2 Å². The summed E-state index contributed by atoms with van der Waals surface area (Å²) >= 11 is 7.37. The molecule has 4 nitrogen and oxygen atoms in total. The average molecular weight is 312 g/mol. The lowest BCUT2D eigenvalue weighted by Gasteiger charge is -2.09. The van der Waals surface area contributed by atoms with Gasteiger partial charge in [0.15, 0.2) is 0 Å². The number of hydrogen-bond donors (Lipinski definition) is 2. The van der Waals surface area contributed by atoms with Crippen LogP contribution < -0.4 is 10.1 Å². The van der Waals surface area contributed by atoms with Crippen molar-refractivity contribution in [2.24, 2.45) is 0 Å². The molecule has 1 heterocycles. The van der Waals surface area contributed by atoms with Crippen molar-refractivity contribution < 1.29 is 14.6 Å². The lowest BCUT2D eigenvalue weighted by molar-refractivity contribution is 0.0692. The van der Waals surface area contributed by atoms with E-state index >= 15 is 0 Å². The summed E-state index contributed by atoms with van der Waals surface area (Å²) in [5, 5.41) is 12.2. The first-order chi connectivity index (χ1) is 9.66. The molecule has 0 radical (unpaired) electrons. The van der Waals surface area contributed by atoms with Crippen LogP contribution in [0.25, 0.3) is 0 Å². The Morgan fingerprint density at radius 1 is 1.30 bits per heavy atom. The van der Waals surface area contributed by atoms with Gasteiger partial charge in [0.05, 0.1) is 4.34 Å². The normalized spacial score (nSPS) is 10.4. The number of para-hydroxylation sites is 1. The second kappa shape index (κ2) is 7.28. The number of carbonyl (C=O) groups is 1. The van der Waals surface area contributed by atoms with Gasteiger partial charge in [-0.1, -0.05) is 23.7 Å². The van der Waals surface area contributed by atoms with E-state index in [4.69, 9.17) is 21.4 Å². The van der Waals surface area contributed by atoms with Gasteiger partial charge in [-0.2, -0.15) is 0 Å². The first-order valence-corrected chi connectivity index (χ1v) is 7.26. The van der Waals surface area contributed by atoms with E-state index in [-0.39, 0.29) is 5.56 Å². The van der Waals surface area contributed by atoms with Crippen molar-refractivity contribution in [3.63, 3.8) is 0 Å². The van der Waals surface area contributed by atoms with E-state index < -0.39 is 5.97 Å². The molecule has 106 valence electrons. The minimum absolute atomic E-state index is 0.178. The van der Waals surface area contributed by atoms with Crippen molar-refractivity contribution in [1.82, 2.24) is 5.32 Å². The van der Waals surface area contributed by atoms with Gasteiger partial charge in [0, 0.05) is 18.0 Å². The second-order valence-corrected chi connectivity index (χ2v) is 5.83. The van der Waals surface area contributed by atoms with Gasteiger partial charge >= 0.3 is 5.97 Å². The van der Waals surface area contributed by atoms with Gasteiger partial charge in [-0.25, -0.2) is 4.79 Å². The second-order valence-electron chi connectivity index (χ2n) is 4.03. The van der Waals surface area contributed by atoms with E-state index in [9.17, 15) is 4.79 Å². The number of carboxylic acids is 1. The zero-order valence-electron chi connectivity index (χ0n) is 10.6. The van der Waals surface area contributed by atoms with Crippen LogP contribution in [-0.4, -0.2) is 24.2 Å². The third-order valence-corrected chi connectivity index (χ3v) is 3.81. The van der Waals surface area contributed by atoms with E-state index in [2.05, 4.69) is 5.32 Å². The number of aromatic carboxylic acids is 1. The predicted octanol–water partition coefficient (Wildman–Crippen LogP) is 3.27. The molecule has 1 aromatic heterocycles. The van der Waals surface area contributed by atoms with Gasteiger partial charge in [-0.05, 0) is 24.3 Å². The van der Waals surface area contributed by atoms with Crippen LogP contribution in [-0.2, 0) is 6.54 Å². The Morgan fingerprint density at radius 3 is 2.80 bits per heavy atom. The van der Waals surface area contributed by atoms with Gasteiger partial charge < -0.3 is 15.2 Å². The predicted molar refractivity (Wildman–Crippen MR) is 79.9 cm³/mol. The molecule has 0 unspecified atom stereocenters. The third kappa shape index (κ3) is 4.23. The Kier molecular flexibility index (Phi) is 5.40. The highest BCUT2D eigenvalue weighted by Gasteiger charge is 2.09. The molecule has 6 heteroatoms. The fourth-order valence-electron chi connectivity index (χ4n) is 1.66. The van der Waals surface area contributed by atoms with Crippen LogP contribution in [0.15, 0.2) is 36.4 Å². The highest BCUT2D eigenvalue weighted by molar-refractivity contribution is 7.16. The Hall–Kier alpha value is -1.56. The molecule has 2 aromatic rings. The molecule has 0 saturated heterocycles. The number of ether oxygens (including phenoxy) is 1. The topological polar surface area (TPSA) is 58.6 Å². The molecule has 0 aliphatic rings. The Labute approximate surface area is 126 Å². The molecule has 20 heavy (non-hydrogen) atoms. The number of carboxylic acid groups (broad SMARTS) is 1. The SMILES string of the molecule is O=C(O)c1ccccc1OCCNCc1ccc(Cl)s1. The minimum atomic E-state index is -0.984. The summed E-state index contributed by atoms with van der Waals surface area (Å²) in [6.45, 7) is 1.76. The number of benzene rings is 1. The molecular weight excluding hydrogens is 298 g/mol. The van der Waals surface area contributed by atoms with Gasteiger partial charge in [0.1, 0.15) is 17.9 Å². The van der Waals surface area contributed by atoms with Gasteiger partial charge in [-0.15, -0.1) is 11.3 Å². The van der Waals surface area contributed by atoms with Gasteiger partial charge in [0.2, 0.25) is 0 Å². The molecule has 0 amide bonds. The lowest BCUT2D eigenvalue weighted by Crippen LogP contribution is -2.20. The van der Waals surface area contributed by atoms with Crippen LogP contribution in [0, 0.1) is 0 Å². The van der Waals surface area contributed by atoms with Gasteiger partial charge in [0.25, 0.3) is 0 Å². The first kappa shape index (κ1) is 14.8. The molecule has 2 N–H and O–H groups in total. The number of thiophene rings is 1. The number of nitrogens with one attached hydrogen (secondary N) is 1. The van der Waals surface area contributed by atoms with Crippen molar-refractivity contribution >= 4 is 28.9 Å². The summed E-state index contributed by atoms with van der Waals surface area (Å²) in [7, 11) is 0. The van der Waals surface area contributed by atoms with Crippen LogP contribution in [0.2, 0.25) is 4.34 Å². The van der Waals surface area contributed by atoms with Crippen LogP contribution in [0.5, 0.6) is 5.75 Å². The molecule has 1 aromatic carbocycles. The fraction of sp³-hybridized carbons (Fsp3) is 0.214. The van der Waals surface area contributed by atoms with Crippen molar-refractivity contribution in [2.75, 3.05) is 13.2 Å². The highest BCUT2D eigenvalue weighted by Crippen LogP contribution is 2.21. The smallest absolute Gasteiger partial charge is 0.339 e. The Morgan fingerprint density at radius 2 is 2.10 bits per heavy atom. The lowest BCUT2D eigenvalue weighted by atomic mass is 10.2. The van der Waals surface area contributed by atoms with Gasteiger partial charge in [-0.3, -0.25) is 0 Å². The summed E-state index contributed by atoms with van der Waals surface area (Å²) in [6.07, 6.45) is 0. The first-order valence-electron chi connectivity index (χ1n) is 6.07. The van der Waals surface area contributed by atoms with Crippen LogP contribution >= 0.6 is 22.9 Å². The largest absolute Gasteiger partial charge is 0.491 e. The van der Waals surface area contributed by atoms with E-state index in [0.29, 0.717) is 18.9 Å². The minimum Gasteiger partial charge on any atom is -0.491 e. The monoisotopic (exact) mass is 311 g/mol. The molecule has 2 rings (SSSR count). The quantitative estimate of drug-likeness (QED) is 0.771. The average Bonchev–Trinajstić information content (AvgIpc) is 2.84. The highest BCUT2D eigenvalue weighted by atomic mass is 35.5. The molecule has 0 spiro atoms. The Balaban J connectivity index is 1.75. The molecule has 0 saturated carbocycles. The number of halogens is 1. The van der Waals surface area contributed by atoms with Crippen LogP contribution in [0.4, 0.5) is 0 Å². The maximum absolute atomic E-state index is 11.0. The van der Waals surface area contributed by atoms with E-state index in [1.165, 1.54) is 17.4 Å². The molecule has 0 aliphatic carbocycles. The zero-order chi connectivity index (χ0) is 14.4. The van der Waals surface area contributed by atoms with Crippen molar-refractivity contribution in [3.05, 3.63) is 51.2 Å².